The van der Waals surface area contributed by atoms with Gasteiger partial charge < -0.3 is 11.1 Å². The van der Waals surface area contributed by atoms with Crippen molar-refractivity contribution in [2.24, 2.45) is 5.73 Å². The van der Waals surface area contributed by atoms with Crippen LogP contribution in [0, 0.1) is 0 Å². The molecule has 0 bridgehead atoms. The zero-order chi connectivity index (χ0) is 11.3. The van der Waals surface area contributed by atoms with Gasteiger partial charge in [-0.25, -0.2) is 0 Å². The Morgan fingerprint density at radius 2 is 2.47 bits per heavy atom. The molecule has 3 N–H and O–H groups in total. The first-order chi connectivity index (χ1) is 7.11. The number of nitrogens with zero attached hydrogens (tertiary/aromatic N) is 2. The van der Waals surface area contributed by atoms with Crippen molar-refractivity contribution < 1.29 is 4.79 Å². The fourth-order valence-corrected chi connectivity index (χ4v) is 1.44. The highest BCUT2D eigenvalue weighted by atomic mass is 16.1. The van der Waals surface area contributed by atoms with Crippen LogP contribution in [-0.2, 0) is 11.3 Å². The quantitative estimate of drug-likeness (QED) is 0.734. The smallest absolute Gasteiger partial charge is 0.239 e. The van der Waals surface area contributed by atoms with Crippen LogP contribution in [-0.4, -0.2) is 21.7 Å². The van der Waals surface area contributed by atoms with Gasteiger partial charge in [0.15, 0.2) is 0 Å². The number of anilines is 1. The third-order valence-electron chi connectivity index (χ3n) is 2.07. The van der Waals surface area contributed by atoms with E-state index in [4.69, 9.17) is 5.73 Å². The molecule has 5 nitrogen and oxygen atoms in total. The Morgan fingerprint density at radius 3 is 3.07 bits per heavy atom. The molecule has 1 amide bonds. The summed E-state index contributed by atoms with van der Waals surface area (Å²) < 4.78 is 1.53. The van der Waals surface area contributed by atoms with Gasteiger partial charge in [0.05, 0.1) is 0 Å². The lowest BCUT2D eigenvalue weighted by molar-refractivity contribution is -0.118. The monoisotopic (exact) mass is 210 g/mol. The molecule has 0 aliphatic carbocycles. The normalized spacial score (nSPS) is 12.4. The summed E-state index contributed by atoms with van der Waals surface area (Å²) in [7, 11) is 0. The molecule has 84 valence electrons. The van der Waals surface area contributed by atoms with Crippen molar-refractivity contribution >= 4 is 11.7 Å². The SMILES string of the molecule is CCCC(C)Nc1ccn(CC(N)=O)n1. The van der Waals surface area contributed by atoms with E-state index in [1.54, 1.807) is 6.20 Å². The molecule has 0 radical (unpaired) electrons. The summed E-state index contributed by atoms with van der Waals surface area (Å²) in [5.41, 5.74) is 5.06. The van der Waals surface area contributed by atoms with E-state index in [1.807, 2.05) is 6.07 Å². The first-order valence-electron chi connectivity index (χ1n) is 5.20. The van der Waals surface area contributed by atoms with Crippen molar-refractivity contribution in [2.45, 2.75) is 39.3 Å². The average Bonchev–Trinajstić information content (AvgIpc) is 2.51. The summed E-state index contributed by atoms with van der Waals surface area (Å²) in [6.07, 6.45) is 3.98. The number of amides is 1. The number of primary amides is 1. The molecule has 1 atom stereocenters. The highest BCUT2D eigenvalue weighted by Crippen LogP contribution is 2.07. The van der Waals surface area contributed by atoms with Gasteiger partial charge in [-0.3, -0.25) is 9.48 Å². The van der Waals surface area contributed by atoms with Crippen LogP contribution in [0.5, 0.6) is 0 Å². The van der Waals surface area contributed by atoms with Crippen LogP contribution in [0.3, 0.4) is 0 Å². The number of carbonyl (C=O) groups is 1. The van der Waals surface area contributed by atoms with Gasteiger partial charge in [-0.1, -0.05) is 13.3 Å². The molecule has 1 aromatic heterocycles. The van der Waals surface area contributed by atoms with Crippen LogP contribution >= 0.6 is 0 Å². The van der Waals surface area contributed by atoms with Crippen LogP contribution in [0.25, 0.3) is 0 Å². The first-order valence-corrected chi connectivity index (χ1v) is 5.20. The van der Waals surface area contributed by atoms with E-state index in [9.17, 15) is 4.79 Å². The second-order valence-corrected chi connectivity index (χ2v) is 3.70. The minimum absolute atomic E-state index is 0.129. The van der Waals surface area contributed by atoms with Gasteiger partial charge in [0, 0.05) is 18.3 Å². The molecule has 1 heterocycles. The lowest BCUT2D eigenvalue weighted by atomic mass is 10.2. The number of carbonyl (C=O) groups excluding carboxylic acids is 1. The molecule has 0 spiro atoms. The Kier molecular flexibility index (Phi) is 4.15. The van der Waals surface area contributed by atoms with Gasteiger partial charge in [0.2, 0.25) is 5.91 Å². The van der Waals surface area contributed by atoms with Gasteiger partial charge in [0.1, 0.15) is 12.4 Å². The van der Waals surface area contributed by atoms with E-state index in [0.717, 1.165) is 18.7 Å². The van der Waals surface area contributed by atoms with Crippen LogP contribution in [0.4, 0.5) is 5.82 Å². The zero-order valence-electron chi connectivity index (χ0n) is 9.23. The van der Waals surface area contributed by atoms with Crippen molar-refractivity contribution in [3.05, 3.63) is 12.3 Å². The molecule has 5 heteroatoms. The maximum absolute atomic E-state index is 10.6. The molecule has 0 saturated heterocycles. The number of hydrogen-bond donors (Lipinski definition) is 2. The summed E-state index contributed by atoms with van der Waals surface area (Å²) in [6, 6.07) is 2.24. The predicted octanol–water partition coefficient (Wildman–Crippen LogP) is 0.969. The molecule has 1 rings (SSSR count). The molecule has 15 heavy (non-hydrogen) atoms. The number of hydrogen-bond acceptors (Lipinski definition) is 3. The second-order valence-electron chi connectivity index (χ2n) is 3.70. The number of aromatic nitrogens is 2. The van der Waals surface area contributed by atoms with Crippen molar-refractivity contribution in [1.29, 1.82) is 0 Å². The van der Waals surface area contributed by atoms with E-state index in [2.05, 4.69) is 24.3 Å². The molecule has 1 unspecified atom stereocenters. The Bertz CT molecular complexity index is 321. The average molecular weight is 210 g/mol. The maximum atomic E-state index is 10.6. The second kappa shape index (κ2) is 5.38. The fourth-order valence-electron chi connectivity index (χ4n) is 1.44. The molecule has 0 fully saturated rings. The van der Waals surface area contributed by atoms with Crippen molar-refractivity contribution in [3.63, 3.8) is 0 Å². The molecule has 0 aliphatic heterocycles. The maximum Gasteiger partial charge on any atom is 0.239 e. The van der Waals surface area contributed by atoms with E-state index >= 15 is 0 Å². The third-order valence-corrected chi connectivity index (χ3v) is 2.07. The molecular formula is C10H18N4O. The summed E-state index contributed by atoms with van der Waals surface area (Å²) in [5.74, 6) is 0.406. The highest BCUT2D eigenvalue weighted by molar-refractivity contribution is 5.73. The van der Waals surface area contributed by atoms with E-state index < -0.39 is 0 Å². The van der Waals surface area contributed by atoms with Crippen molar-refractivity contribution in [2.75, 3.05) is 5.32 Å². The van der Waals surface area contributed by atoms with Crippen LogP contribution in [0.2, 0.25) is 0 Å². The van der Waals surface area contributed by atoms with Crippen LogP contribution in [0.15, 0.2) is 12.3 Å². The van der Waals surface area contributed by atoms with Gasteiger partial charge in [-0.2, -0.15) is 5.10 Å². The highest BCUT2D eigenvalue weighted by Gasteiger charge is 2.04. The summed E-state index contributed by atoms with van der Waals surface area (Å²) >= 11 is 0. The summed E-state index contributed by atoms with van der Waals surface area (Å²) in [5, 5.41) is 7.43. The third kappa shape index (κ3) is 4.01. The van der Waals surface area contributed by atoms with Crippen molar-refractivity contribution in [3.8, 4) is 0 Å². The number of nitrogens with two attached hydrogens (primary N) is 1. The van der Waals surface area contributed by atoms with Gasteiger partial charge >= 0.3 is 0 Å². The molecule has 0 aliphatic rings. The summed E-state index contributed by atoms with van der Waals surface area (Å²) in [4.78, 5) is 10.6. The molecule has 0 saturated carbocycles. The Hall–Kier alpha value is -1.52. The Balaban J connectivity index is 2.48. The zero-order valence-corrected chi connectivity index (χ0v) is 9.23. The summed E-state index contributed by atoms with van der Waals surface area (Å²) in [6.45, 7) is 4.38. The van der Waals surface area contributed by atoms with Crippen LogP contribution < -0.4 is 11.1 Å². The van der Waals surface area contributed by atoms with E-state index in [-0.39, 0.29) is 12.5 Å². The number of rotatable bonds is 6. The predicted molar refractivity (Wildman–Crippen MR) is 59.4 cm³/mol. The lowest BCUT2D eigenvalue weighted by Crippen LogP contribution is -2.19. The first kappa shape index (κ1) is 11.6. The van der Waals surface area contributed by atoms with Gasteiger partial charge in [-0.05, 0) is 13.3 Å². The van der Waals surface area contributed by atoms with Gasteiger partial charge in [0.25, 0.3) is 0 Å². The van der Waals surface area contributed by atoms with Crippen LogP contribution in [0.1, 0.15) is 26.7 Å². The van der Waals surface area contributed by atoms with Gasteiger partial charge in [-0.15, -0.1) is 0 Å². The molecule has 1 aromatic rings. The Labute approximate surface area is 89.6 Å². The molecular weight excluding hydrogens is 192 g/mol. The largest absolute Gasteiger partial charge is 0.368 e. The van der Waals surface area contributed by atoms with E-state index in [0.29, 0.717) is 6.04 Å². The standard InChI is InChI=1S/C10H18N4O/c1-3-4-8(2)12-10-5-6-14(13-10)7-9(11)15/h5-6,8H,3-4,7H2,1-2H3,(H2,11,15)(H,12,13). The Morgan fingerprint density at radius 1 is 1.73 bits per heavy atom. The van der Waals surface area contributed by atoms with Crippen molar-refractivity contribution in [1.82, 2.24) is 9.78 Å². The topological polar surface area (TPSA) is 72.9 Å². The minimum Gasteiger partial charge on any atom is -0.368 e. The fraction of sp³-hybridized carbons (Fsp3) is 0.600. The molecule has 0 aromatic carbocycles. The number of nitrogens with one attached hydrogen (secondary N) is 1. The lowest BCUT2D eigenvalue weighted by Gasteiger charge is -2.10. The van der Waals surface area contributed by atoms with E-state index in [1.165, 1.54) is 4.68 Å². The minimum atomic E-state index is -0.383.